The quantitative estimate of drug-likeness (QED) is 0.342. The highest BCUT2D eigenvalue weighted by Gasteiger charge is 2.27. The van der Waals surface area contributed by atoms with E-state index < -0.39 is 5.92 Å². The molecule has 1 N–H and O–H groups in total. The number of nitrogens with zero attached hydrogens (tertiary/aromatic N) is 3. The molecule has 0 saturated carbocycles. The Morgan fingerprint density at radius 1 is 1.28 bits per heavy atom. The summed E-state index contributed by atoms with van der Waals surface area (Å²) in [5.41, 5.74) is 0.983. The van der Waals surface area contributed by atoms with Gasteiger partial charge in [-0.05, 0) is 31.1 Å². The summed E-state index contributed by atoms with van der Waals surface area (Å²) in [4.78, 5) is 19.7. The Balaban J connectivity index is 0.00000450. The highest BCUT2D eigenvalue weighted by atomic mass is 19.3. The minimum Gasteiger partial charge on any atom is -0.353 e. The second kappa shape index (κ2) is 9.69. The van der Waals surface area contributed by atoms with Crippen LogP contribution in [0.4, 0.5) is 14.5 Å². The van der Waals surface area contributed by atoms with Gasteiger partial charge in [0.15, 0.2) is 5.84 Å². The number of carbonyl (C=O) groups excluding carboxylic acids is 1. The third kappa shape index (κ3) is 5.55. The van der Waals surface area contributed by atoms with Crippen molar-refractivity contribution in [3.8, 4) is 12.3 Å². The summed E-state index contributed by atoms with van der Waals surface area (Å²) >= 11 is 0. The largest absolute Gasteiger partial charge is 0.353 e. The van der Waals surface area contributed by atoms with E-state index in [1.54, 1.807) is 29.3 Å². The average molecular weight is 400 g/mol. The van der Waals surface area contributed by atoms with Gasteiger partial charge in [-0.2, -0.15) is 8.78 Å². The Labute approximate surface area is 171 Å². The van der Waals surface area contributed by atoms with Crippen LogP contribution in [0.25, 0.3) is 0 Å². The molecule has 1 aliphatic heterocycles. The van der Waals surface area contributed by atoms with Crippen molar-refractivity contribution in [2.75, 3.05) is 31.5 Å². The van der Waals surface area contributed by atoms with Gasteiger partial charge in [0.05, 0.1) is 5.70 Å². The molecule has 0 atom stereocenters. The van der Waals surface area contributed by atoms with E-state index in [-0.39, 0.29) is 12.9 Å². The Hall–Kier alpha value is -3.40. The third-order valence-corrected chi connectivity index (χ3v) is 4.43. The van der Waals surface area contributed by atoms with Crippen molar-refractivity contribution >= 4 is 17.4 Å². The smallest absolute Gasteiger partial charge is 0.298 e. The van der Waals surface area contributed by atoms with Gasteiger partial charge in [0, 0.05) is 45.1 Å². The number of alkyl halides is 2. The van der Waals surface area contributed by atoms with Crippen molar-refractivity contribution in [1.29, 1.82) is 0 Å². The summed E-state index contributed by atoms with van der Waals surface area (Å²) in [6.45, 7) is 11.1. The highest BCUT2D eigenvalue weighted by Crippen LogP contribution is 2.29. The minimum absolute atomic E-state index is 0. The summed E-state index contributed by atoms with van der Waals surface area (Å²) in [5.74, 6) is -0.675. The van der Waals surface area contributed by atoms with Crippen molar-refractivity contribution in [2.45, 2.75) is 12.8 Å². The molecule has 29 heavy (non-hydrogen) atoms. The van der Waals surface area contributed by atoms with Crippen LogP contribution in [0.15, 0.2) is 66.5 Å². The lowest BCUT2D eigenvalue weighted by molar-refractivity contribution is -0.126. The molecule has 0 radical (unpaired) electrons. The number of hydrogen-bond acceptors (Lipinski definition) is 3. The number of terminal acetylenes is 1. The Morgan fingerprint density at radius 2 is 1.86 bits per heavy atom. The maximum absolute atomic E-state index is 13.7. The number of anilines is 1. The molecule has 0 unspecified atom stereocenters. The summed E-state index contributed by atoms with van der Waals surface area (Å²) in [6.07, 6.45) is 9.23. The molecule has 1 heterocycles. The van der Waals surface area contributed by atoms with Crippen LogP contribution >= 0.6 is 0 Å². The zero-order valence-electron chi connectivity index (χ0n) is 16.4. The molecule has 154 valence electrons. The van der Waals surface area contributed by atoms with Gasteiger partial charge in [-0.1, -0.05) is 31.4 Å². The number of benzene rings is 1. The lowest BCUT2D eigenvalue weighted by atomic mass is 10.1. The lowest BCUT2D eigenvalue weighted by Crippen LogP contribution is -2.51. The molecular weight excluding hydrogens is 374 g/mol. The molecule has 1 fully saturated rings. The molecule has 0 bridgehead atoms. The van der Waals surface area contributed by atoms with Crippen molar-refractivity contribution in [1.82, 2.24) is 9.80 Å². The molecule has 0 spiro atoms. The second-order valence-electron chi connectivity index (χ2n) is 6.37. The van der Waals surface area contributed by atoms with E-state index in [0.29, 0.717) is 49.5 Å². The monoisotopic (exact) mass is 400 g/mol. The SMILES string of the molecule is C#CC(=O)N1CCN(C(=N/C=C\C)C(=C)Nc2ccc(C(F)(F)C=C)cc2)CC1.[HH]. The molecule has 2 rings (SSSR count). The van der Waals surface area contributed by atoms with Gasteiger partial charge in [0.1, 0.15) is 0 Å². The molecule has 1 saturated heterocycles. The number of amides is 1. The fourth-order valence-corrected chi connectivity index (χ4v) is 2.83. The molecule has 0 aliphatic carbocycles. The number of allylic oxidation sites excluding steroid dienone is 2. The van der Waals surface area contributed by atoms with E-state index in [0.717, 1.165) is 0 Å². The first-order valence-electron chi connectivity index (χ1n) is 9.10. The van der Waals surface area contributed by atoms with Crippen LogP contribution in [0.2, 0.25) is 0 Å². The Morgan fingerprint density at radius 3 is 2.38 bits per heavy atom. The van der Waals surface area contributed by atoms with E-state index in [2.05, 4.69) is 29.4 Å². The van der Waals surface area contributed by atoms with Crippen molar-refractivity contribution in [2.24, 2.45) is 4.99 Å². The van der Waals surface area contributed by atoms with Crippen LogP contribution in [0, 0.1) is 12.3 Å². The first-order chi connectivity index (χ1) is 13.8. The molecular formula is C22H26F2N4O. The van der Waals surface area contributed by atoms with E-state index in [4.69, 9.17) is 6.42 Å². The van der Waals surface area contributed by atoms with Gasteiger partial charge < -0.3 is 15.1 Å². The fourth-order valence-electron chi connectivity index (χ4n) is 2.83. The number of nitrogens with one attached hydrogen (secondary N) is 1. The normalized spacial score (nSPS) is 15.2. The van der Waals surface area contributed by atoms with Crippen LogP contribution in [0.5, 0.6) is 0 Å². The Bertz CT molecular complexity index is 864. The standard InChI is InChI=1S/C22H24F2N4O.H2/c1-5-12-25-21(28-15-13-27(14-16-28)20(29)6-2)17(4)26-19-10-8-18(9-11-19)22(23,24)7-3;/h2,5,7-12,26H,3-4,13-16H2,1H3;1H/b12-5-,25-21?;. The zero-order valence-corrected chi connectivity index (χ0v) is 16.4. The topological polar surface area (TPSA) is 47.9 Å². The van der Waals surface area contributed by atoms with E-state index in [1.807, 2.05) is 11.8 Å². The summed E-state index contributed by atoms with van der Waals surface area (Å²) in [5, 5.41) is 3.11. The zero-order chi connectivity index (χ0) is 21.4. The maximum Gasteiger partial charge on any atom is 0.298 e. The lowest BCUT2D eigenvalue weighted by Gasteiger charge is -2.36. The highest BCUT2D eigenvalue weighted by molar-refractivity contribution is 6.01. The van der Waals surface area contributed by atoms with Gasteiger partial charge in [0.25, 0.3) is 11.8 Å². The fraction of sp³-hybridized carbons (Fsp3) is 0.273. The first-order valence-corrected chi connectivity index (χ1v) is 9.10. The molecule has 7 heteroatoms. The summed E-state index contributed by atoms with van der Waals surface area (Å²) < 4.78 is 27.3. The molecule has 1 amide bonds. The molecule has 0 aromatic heterocycles. The minimum atomic E-state index is -3.08. The van der Waals surface area contributed by atoms with Crippen molar-refractivity contribution < 1.29 is 15.0 Å². The molecule has 1 aromatic carbocycles. The number of amidine groups is 1. The number of piperazine rings is 1. The van der Waals surface area contributed by atoms with Gasteiger partial charge in [0.2, 0.25) is 0 Å². The number of aliphatic imine (C=N–C) groups is 1. The first kappa shape index (κ1) is 21.9. The average Bonchev–Trinajstić information content (AvgIpc) is 2.74. The van der Waals surface area contributed by atoms with Gasteiger partial charge in [-0.3, -0.25) is 4.79 Å². The number of halogens is 2. The summed E-state index contributed by atoms with van der Waals surface area (Å²) in [7, 11) is 0. The second-order valence-corrected chi connectivity index (χ2v) is 6.37. The predicted molar refractivity (Wildman–Crippen MR) is 115 cm³/mol. The van der Waals surface area contributed by atoms with Crippen LogP contribution in [0.3, 0.4) is 0 Å². The number of rotatable bonds is 6. The maximum atomic E-state index is 13.7. The van der Waals surface area contributed by atoms with E-state index in [9.17, 15) is 13.6 Å². The van der Waals surface area contributed by atoms with Gasteiger partial charge in [-0.25, -0.2) is 4.99 Å². The van der Waals surface area contributed by atoms with E-state index >= 15 is 0 Å². The van der Waals surface area contributed by atoms with Crippen LogP contribution < -0.4 is 5.32 Å². The van der Waals surface area contributed by atoms with Crippen molar-refractivity contribution in [3.05, 3.63) is 67.0 Å². The van der Waals surface area contributed by atoms with Crippen LogP contribution in [0.1, 0.15) is 13.9 Å². The van der Waals surface area contributed by atoms with Crippen LogP contribution in [-0.2, 0) is 10.7 Å². The number of hydrogen-bond donors (Lipinski definition) is 1. The molecule has 5 nitrogen and oxygen atoms in total. The predicted octanol–water partition coefficient (Wildman–Crippen LogP) is 3.85. The van der Waals surface area contributed by atoms with E-state index in [1.165, 1.54) is 12.1 Å². The molecule has 1 aromatic rings. The van der Waals surface area contributed by atoms with Gasteiger partial charge in [-0.15, -0.1) is 6.42 Å². The number of carbonyl (C=O) groups is 1. The Kier molecular flexibility index (Phi) is 7.32. The van der Waals surface area contributed by atoms with Crippen LogP contribution in [-0.4, -0.2) is 47.7 Å². The molecule has 1 aliphatic rings. The third-order valence-electron chi connectivity index (χ3n) is 4.43. The van der Waals surface area contributed by atoms with Crippen molar-refractivity contribution in [3.63, 3.8) is 0 Å². The van der Waals surface area contributed by atoms with Gasteiger partial charge >= 0.3 is 0 Å². The summed E-state index contributed by atoms with van der Waals surface area (Å²) in [6, 6.07) is 5.78.